The average molecular weight is 324 g/mol. The van der Waals surface area contributed by atoms with Crippen LogP contribution in [0.5, 0.6) is 0 Å². The number of fused-ring (bicyclic) bond motifs is 1. The number of rotatable bonds is 4. The molecule has 0 radical (unpaired) electrons. The molecule has 0 unspecified atom stereocenters. The van der Waals surface area contributed by atoms with Gasteiger partial charge in [-0.1, -0.05) is 36.8 Å². The second-order valence-electron chi connectivity index (χ2n) is 7.15. The van der Waals surface area contributed by atoms with Gasteiger partial charge >= 0.3 is 0 Å². The van der Waals surface area contributed by atoms with E-state index in [1.165, 1.54) is 24.8 Å². The van der Waals surface area contributed by atoms with Crippen molar-refractivity contribution in [3.05, 3.63) is 47.5 Å². The molecule has 1 heterocycles. The van der Waals surface area contributed by atoms with Crippen LogP contribution in [0.15, 0.2) is 30.3 Å². The number of carbonyl (C=O) groups is 1. The lowest BCUT2D eigenvalue weighted by atomic mass is 9.60. The predicted molar refractivity (Wildman–Crippen MR) is 91.4 cm³/mol. The molecule has 4 atom stereocenters. The number of benzene rings is 1. The Kier molecular flexibility index (Phi) is 3.87. The van der Waals surface area contributed by atoms with Gasteiger partial charge in [0.25, 0.3) is 0 Å². The minimum Gasteiger partial charge on any atom is -0.351 e. The number of carbonyl (C=O) groups excluding carboxylic acids is 1. The monoisotopic (exact) mass is 324 g/mol. The van der Waals surface area contributed by atoms with Gasteiger partial charge in [-0.2, -0.15) is 5.10 Å². The highest BCUT2D eigenvalue weighted by molar-refractivity contribution is 5.76. The van der Waals surface area contributed by atoms with Gasteiger partial charge < -0.3 is 5.32 Å². The van der Waals surface area contributed by atoms with Crippen molar-refractivity contribution in [3.8, 4) is 0 Å². The summed E-state index contributed by atoms with van der Waals surface area (Å²) in [4.78, 5) is 16.8. The summed E-state index contributed by atoms with van der Waals surface area (Å²) in [7, 11) is 0. The largest absolute Gasteiger partial charge is 0.351 e. The van der Waals surface area contributed by atoms with E-state index in [1.807, 2.05) is 13.8 Å². The van der Waals surface area contributed by atoms with Gasteiger partial charge in [0, 0.05) is 12.0 Å². The topological polar surface area (TPSA) is 59.8 Å². The lowest BCUT2D eigenvalue weighted by Gasteiger charge is -2.49. The van der Waals surface area contributed by atoms with Crippen molar-refractivity contribution >= 4 is 5.91 Å². The third-order valence-electron chi connectivity index (χ3n) is 5.70. The summed E-state index contributed by atoms with van der Waals surface area (Å²) in [6.07, 6.45) is 3.81. The summed E-state index contributed by atoms with van der Waals surface area (Å²) in [6, 6.07) is 10.9. The van der Waals surface area contributed by atoms with Crippen molar-refractivity contribution in [1.82, 2.24) is 20.1 Å². The second kappa shape index (κ2) is 6.04. The summed E-state index contributed by atoms with van der Waals surface area (Å²) in [5.74, 6) is 3.36. The van der Waals surface area contributed by atoms with Crippen LogP contribution < -0.4 is 5.32 Å². The van der Waals surface area contributed by atoms with Gasteiger partial charge in [-0.25, -0.2) is 9.67 Å². The number of hydrogen-bond donors (Lipinski definition) is 1. The van der Waals surface area contributed by atoms with E-state index in [9.17, 15) is 4.79 Å². The fourth-order valence-corrected chi connectivity index (χ4v) is 4.70. The molecule has 2 aromatic rings. The minimum atomic E-state index is 0.0410. The van der Waals surface area contributed by atoms with Crippen LogP contribution in [0.4, 0.5) is 0 Å². The van der Waals surface area contributed by atoms with Crippen molar-refractivity contribution in [2.75, 3.05) is 0 Å². The maximum atomic E-state index is 12.5. The van der Waals surface area contributed by atoms with Crippen LogP contribution in [0.2, 0.25) is 0 Å². The van der Waals surface area contributed by atoms with Crippen molar-refractivity contribution in [2.24, 2.45) is 11.8 Å². The molecule has 0 saturated heterocycles. The molecule has 2 aliphatic carbocycles. The summed E-state index contributed by atoms with van der Waals surface area (Å²) in [5.41, 5.74) is 1.36. The molecule has 126 valence electrons. The van der Waals surface area contributed by atoms with Gasteiger partial charge in [-0.15, -0.1) is 0 Å². The van der Waals surface area contributed by atoms with Crippen LogP contribution in [0.1, 0.15) is 42.4 Å². The number of nitrogens with zero attached hydrogens (tertiary/aromatic N) is 3. The van der Waals surface area contributed by atoms with Gasteiger partial charge in [-0.05, 0) is 44.1 Å². The molecule has 4 rings (SSSR count). The Bertz CT molecular complexity index is 739. The first-order valence-electron chi connectivity index (χ1n) is 8.86. The van der Waals surface area contributed by atoms with Crippen molar-refractivity contribution < 1.29 is 4.79 Å². The van der Waals surface area contributed by atoms with Crippen LogP contribution >= 0.6 is 0 Å². The second-order valence-corrected chi connectivity index (χ2v) is 7.15. The Balaban J connectivity index is 1.48. The van der Waals surface area contributed by atoms with Crippen LogP contribution in [-0.4, -0.2) is 26.7 Å². The Labute approximate surface area is 142 Å². The molecule has 5 nitrogen and oxygen atoms in total. The summed E-state index contributed by atoms with van der Waals surface area (Å²) in [6.45, 7) is 3.99. The quantitative estimate of drug-likeness (QED) is 0.940. The molecular formula is C19H24N4O. The van der Waals surface area contributed by atoms with Gasteiger partial charge in [0.15, 0.2) is 0 Å². The zero-order chi connectivity index (χ0) is 16.7. The molecule has 1 N–H and O–H groups in total. The molecule has 2 saturated carbocycles. The lowest BCUT2D eigenvalue weighted by molar-refractivity contribution is -0.124. The molecule has 24 heavy (non-hydrogen) atoms. The minimum absolute atomic E-state index is 0.0410. The summed E-state index contributed by atoms with van der Waals surface area (Å²) >= 11 is 0. The van der Waals surface area contributed by atoms with Crippen molar-refractivity contribution in [2.45, 2.75) is 51.6 Å². The molecule has 1 aromatic heterocycles. The highest BCUT2D eigenvalue weighted by Gasteiger charge is 2.53. The van der Waals surface area contributed by atoms with E-state index >= 15 is 0 Å². The zero-order valence-electron chi connectivity index (χ0n) is 14.3. The Morgan fingerprint density at radius 3 is 2.67 bits per heavy atom. The number of amides is 1. The van der Waals surface area contributed by atoms with Crippen LogP contribution in [0.25, 0.3) is 0 Å². The molecule has 1 amide bonds. The van der Waals surface area contributed by atoms with Crippen molar-refractivity contribution in [1.29, 1.82) is 0 Å². The molecule has 0 aliphatic heterocycles. The van der Waals surface area contributed by atoms with Crippen molar-refractivity contribution in [3.63, 3.8) is 0 Å². The molecule has 2 fully saturated rings. The molecular weight excluding hydrogens is 300 g/mol. The van der Waals surface area contributed by atoms with E-state index in [-0.39, 0.29) is 18.5 Å². The van der Waals surface area contributed by atoms with Crippen LogP contribution in [-0.2, 0) is 11.3 Å². The van der Waals surface area contributed by atoms with Gasteiger partial charge in [0.1, 0.15) is 18.2 Å². The Morgan fingerprint density at radius 1 is 1.21 bits per heavy atom. The maximum absolute atomic E-state index is 12.5. The fourth-order valence-electron chi connectivity index (χ4n) is 4.70. The highest BCUT2D eigenvalue weighted by atomic mass is 16.2. The highest BCUT2D eigenvalue weighted by Crippen LogP contribution is 2.55. The van der Waals surface area contributed by atoms with E-state index < -0.39 is 0 Å². The third-order valence-corrected chi connectivity index (χ3v) is 5.70. The van der Waals surface area contributed by atoms with Crippen LogP contribution in [0.3, 0.4) is 0 Å². The van der Waals surface area contributed by atoms with Gasteiger partial charge in [0.05, 0.1) is 0 Å². The number of aryl methyl sites for hydroxylation is 2. The van der Waals surface area contributed by atoms with E-state index in [0.717, 1.165) is 11.7 Å². The Hall–Kier alpha value is -2.17. The third kappa shape index (κ3) is 2.62. The Morgan fingerprint density at radius 2 is 1.96 bits per heavy atom. The molecule has 2 aliphatic rings. The van der Waals surface area contributed by atoms with Gasteiger partial charge in [0.2, 0.25) is 5.91 Å². The molecule has 1 aromatic carbocycles. The number of hydrogen-bond acceptors (Lipinski definition) is 3. The first-order chi connectivity index (χ1) is 11.6. The number of aromatic nitrogens is 3. The van der Waals surface area contributed by atoms with E-state index in [2.05, 4.69) is 45.7 Å². The smallest absolute Gasteiger partial charge is 0.242 e. The summed E-state index contributed by atoms with van der Waals surface area (Å²) < 4.78 is 1.69. The van der Waals surface area contributed by atoms with E-state index in [4.69, 9.17) is 0 Å². The first kappa shape index (κ1) is 15.4. The molecule has 0 bridgehead atoms. The van der Waals surface area contributed by atoms with Gasteiger partial charge in [-0.3, -0.25) is 4.79 Å². The average Bonchev–Trinajstić information content (AvgIpc) is 3.10. The lowest BCUT2D eigenvalue weighted by Crippen LogP contribution is -2.57. The van der Waals surface area contributed by atoms with Crippen LogP contribution in [0, 0.1) is 25.7 Å². The fraction of sp³-hybridized carbons (Fsp3) is 0.526. The van der Waals surface area contributed by atoms with E-state index in [1.54, 1.807) is 4.68 Å². The number of nitrogens with one attached hydrogen (secondary N) is 1. The normalized spacial score (nSPS) is 28.2. The zero-order valence-corrected chi connectivity index (χ0v) is 14.3. The standard InChI is InChI=1S/C19H24N4O/c1-12-20-13(2)23(22-12)11-17(24)21-19-16-10-6-9-15(16)18(19)14-7-4-3-5-8-14/h3-5,7-8,15-16,18-19H,6,9-11H2,1-2H3,(H,21,24)/t15-,16+,18+,19+/m0/s1. The predicted octanol–water partition coefficient (Wildman–Crippen LogP) is 2.59. The maximum Gasteiger partial charge on any atom is 0.242 e. The molecule has 5 heteroatoms. The summed E-state index contributed by atoms with van der Waals surface area (Å²) in [5, 5.41) is 7.58. The first-order valence-corrected chi connectivity index (χ1v) is 8.86. The van der Waals surface area contributed by atoms with E-state index in [0.29, 0.717) is 17.7 Å². The molecule has 0 spiro atoms. The SMILES string of the molecule is Cc1nc(C)n(CC(=O)N[C@@H]2[C@@H]3CCC[C@@H]3[C@H]2c2ccccc2)n1.